The van der Waals surface area contributed by atoms with Crippen molar-refractivity contribution < 1.29 is 67.4 Å². The summed E-state index contributed by atoms with van der Waals surface area (Å²) in [6.45, 7) is 29.3. The van der Waals surface area contributed by atoms with Gasteiger partial charge in [-0.25, -0.2) is 4.79 Å². The van der Waals surface area contributed by atoms with Crippen LogP contribution in [0, 0.1) is 41.4 Å². The SMILES string of the molecule is CC=CC[C@@H](C)[C@@H](O)[C@H]1C(=O)N[C@@H](CC)C(=O)N(C)C(C(=O)OC)C(=O)N(C)[C@@H](CC(C)C)C(=O)N[C@@H](C(C)C)C(=O)N(C)[C@@H](CC(C)C)C(=O)N[C@@H](C)C(=O)N[C@H](C)C(=O)N(C)[C@@H](CC(C)C)C(=O)N(C)[C@@H](CC(C)C)C(=O)N(C)[C@@H](C(C)C)C(=O)N1C. The summed E-state index contributed by atoms with van der Waals surface area (Å²) in [5, 5.41) is 23.0. The molecule has 0 aromatic rings. The molecule has 0 aromatic carbocycles. The van der Waals surface area contributed by atoms with Crippen LogP contribution in [0.15, 0.2) is 12.2 Å². The van der Waals surface area contributed by atoms with E-state index in [1.54, 1.807) is 74.5 Å². The molecule has 0 saturated carbocycles. The van der Waals surface area contributed by atoms with Gasteiger partial charge in [-0.1, -0.05) is 109 Å². The van der Waals surface area contributed by atoms with Gasteiger partial charge in [-0.3, -0.25) is 52.7 Å². The Morgan fingerprint density at radius 1 is 0.472 bits per heavy atom. The molecule has 0 spiro atoms. The zero-order chi connectivity index (χ0) is 69.1. The van der Waals surface area contributed by atoms with Gasteiger partial charge in [-0.05, 0) is 101 Å². The van der Waals surface area contributed by atoms with E-state index in [4.69, 9.17) is 4.74 Å². The Hall–Kier alpha value is -6.66. The minimum Gasteiger partial charge on any atom is -0.467 e. The van der Waals surface area contributed by atoms with Gasteiger partial charge in [0.15, 0.2) is 0 Å². The number of allylic oxidation sites excluding steroid dienone is 2. The first-order valence-corrected chi connectivity index (χ1v) is 31.5. The van der Waals surface area contributed by atoms with Crippen LogP contribution in [-0.2, 0) is 62.3 Å². The number of aliphatic hydroxyl groups excluding tert-OH is 1. The molecule has 0 aliphatic carbocycles. The van der Waals surface area contributed by atoms with Crippen molar-refractivity contribution in [1.29, 1.82) is 0 Å². The smallest absolute Gasteiger partial charge is 0.338 e. The second-order valence-corrected chi connectivity index (χ2v) is 26.7. The molecule has 1 heterocycles. The zero-order valence-electron chi connectivity index (χ0n) is 58.3. The van der Waals surface area contributed by atoms with Gasteiger partial charge in [0.1, 0.15) is 60.4 Å². The number of esters is 1. The number of hydrogen-bond acceptors (Lipinski definition) is 14. The van der Waals surface area contributed by atoms with Gasteiger partial charge in [0.2, 0.25) is 65.1 Å². The molecular formula is C64H113N11O14. The van der Waals surface area contributed by atoms with E-state index < -0.39 is 161 Å². The summed E-state index contributed by atoms with van der Waals surface area (Å²) in [7, 11) is 10.4. The van der Waals surface area contributed by atoms with Crippen molar-refractivity contribution in [1.82, 2.24) is 55.6 Å². The second kappa shape index (κ2) is 36.3. The van der Waals surface area contributed by atoms with E-state index in [0.29, 0.717) is 0 Å². The second-order valence-electron chi connectivity index (χ2n) is 26.7. The van der Waals surface area contributed by atoms with E-state index in [2.05, 4.69) is 21.3 Å². The fourth-order valence-electron chi connectivity index (χ4n) is 11.1. The first-order chi connectivity index (χ1) is 41.1. The lowest BCUT2D eigenvalue weighted by Gasteiger charge is -2.41. The standard InChI is InChI=1S/C64H113N11O14/c1-26-28-29-40(15)52(76)50-56(80)67-43(27-2)58(82)75(24)51(64(88)89-25)63(87)70(19)45(31-35(5)6)55(79)68-48(38(11)12)61(85)69(18)44(30-34(3)4)54(78)65-41(16)53(77)66-42(17)57(81)71(20)46(32-36(7)8)59(83)72(21)47(33-37(9)10)60(84)73(22)49(39(13)14)62(86)74(50)23/h26,28,34-52,76H,27,29-33H2,1-25H3,(H,65,78)(H,66,77)(H,67,80)(H,68,79)/t40-,41+,42-,43+,44+,45+,46+,47+,48+,49+,50+,51?,52-/m1/s1. The number of methoxy groups -OCH3 is 1. The Morgan fingerprint density at radius 3 is 1.30 bits per heavy atom. The van der Waals surface area contributed by atoms with Crippen LogP contribution < -0.4 is 21.3 Å². The normalized spacial score (nSPS) is 27.0. The molecule has 1 fully saturated rings. The molecule has 13 atom stereocenters. The van der Waals surface area contributed by atoms with E-state index in [0.717, 1.165) is 28.9 Å². The highest BCUT2D eigenvalue weighted by atomic mass is 16.5. The third-order valence-corrected chi connectivity index (χ3v) is 16.7. The van der Waals surface area contributed by atoms with Crippen LogP contribution in [0.3, 0.4) is 0 Å². The summed E-state index contributed by atoms with van der Waals surface area (Å²) in [6, 6.07) is -15.3. The van der Waals surface area contributed by atoms with Crippen molar-refractivity contribution in [3.63, 3.8) is 0 Å². The van der Waals surface area contributed by atoms with Crippen LogP contribution in [-0.4, -0.2) is 239 Å². The maximum Gasteiger partial charge on any atom is 0.338 e. The summed E-state index contributed by atoms with van der Waals surface area (Å²) in [5.74, 6) is -12.6. The number of likely N-dealkylation sites (N-methyl/N-ethyl adjacent to an activating group) is 7. The highest BCUT2D eigenvalue weighted by Crippen LogP contribution is 2.26. The molecule has 1 unspecified atom stereocenters. The summed E-state index contributed by atoms with van der Waals surface area (Å²) in [4.78, 5) is 184. The molecule has 5 N–H and O–H groups in total. The van der Waals surface area contributed by atoms with Crippen molar-refractivity contribution in [3.05, 3.63) is 12.2 Å². The van der Waals surface area contributed by atoms with Gasteiger partial charge in [0.05, 0.1) is 13.2 Å². The van der Waals surface area contributed by atoms with E-state index in [1.807, 2.05) is 41.5 Å². The van der Waals surface area contributed by atoms with E-state index in [1.165, 1.54) is 75.7 Å². The predicted octanol–water partition coefficient (Wildman–Crippen LogP) is 2.81. The third-order valence-electron chi connectivity index (χ3n) is 16.7. The molecule has 0 bridgehead atoms. The number of amides is 11. The first kappa shape index (κ1) is 80.4. The van der Waals surface area contributed by atoms with Crippen molar-refractivity contribution in [2.45, 2.75) is 229 Å². The minimum atomic E-state index is -2.04. The average molecular weight is 1260 g/mol. The van der Waals surface area contributed by atoms with E-state index in [-0.39, 0.29) is 62.2 Å². The lowest BCUT2D eigenvalue weighted by atomic mass is 9.91. The summed E-state index contributed by atoms with van der Waals surface area (Å²) in [6.07, 6.45) is 2.42. The number of aliphatic hydroxyl groups is 1. The Balaban J connectivity index is 4.50. The number of nitrogens with one attached hydrogen (secondary N) is 4. The van der Waals surface area contributed by atoms with E-state index in [9.17, 15) is 53.1 Å². The summed E-state index contributed by atoms with van der Waals surface area (Å²) < 4.78 is 5.09. The average Bonchev–Trinajstić information content (AvgIpc) is 3.48. The number of carbonyl (C=O) groups is 12. The highest BCUT2D eigenvalue weighted by Gasteiger charge is 2.47. The van der Waals surface area contributed by atoms with Crippen LogP contribution >= 0.6 is 0 Å². The quantitative estimate of drug-likeness (QED) is 0.0844. The number of rotatable bonds is 16. The Labute approximate surface area is 530 Å². The highest BCUT2D eigenvalue weighted by molar-refractivity contribution is 6.07. The van der Waals surface area contributed by atoms with Crippen LogP contribution in [0.5, 0.6) is 0 Å². The van der Waals surface area contributed by atoms with Gasteiger partial charge in [-0.2, -0.15) is 0 Å². The lowest BCUT2D eigenvalue weighted by molar-refractivity contribution is -0.162. The molecule has 0 radical (unpaired) electrons. The van der Waals surface area contributed by atoms with Gasteiger partial charge in [0, 0.05) is 49.3 Å². The summed E-state index contributed by atoms with van der Waals surface area (Å²) in [5.41, 5.74) is 0. The van der Waals surface area contributed by atoms with Crippen LogP contribution in [0.4, 0.5) is 0 Å². The number of ether oxygens (including phenoxy) is 1. The van der Waals surface area contributed by atoms with E-state index >= 15 is 9.59 Å². The lowest BCUT2D eigenvalue weighted by Crippen LogP contribution is -2.64. The maximum atomic E-state index is 15.2. The number of nitrogens with zero attached hydrogens (tertiary/aromatic N) is 7. The van der Waals surface area contributed by atoms with Crippen molar-refractivity contribution >= 4 is 70.9 Å². The molecule has 508 valence electrons. The molecular weight excluding hydrogens is 1150 g/mol. The molecule has 1 aliphatic heterocycles. The fraction of sp³-hybridized carbons (Fsp3) is 0.781. The monoisotopic (exact) mass is 1260 g/mol. The first-order valence-electron chi connectivity index (χ1n) is 31.5. The van der Waals surface area contributed by atoms with Crippen LogP contribution in [0.2, 0.25) is 0 Å². The molecule has 89 heavy (non-hydrogen) atoms. The van der Waals surface area contributed by atoms with Crippen molar-refractivity contribution in [2.24, 2.45) is 41.4 Å². The summed E-state index contributed by atoms with van der Waals surface area (Å²) >= 11 is 0. The number of carbonyl (C=O) groups excluding carboxylic acids is 12. The topological polar surface area (TPSA) is 305 Å². The van der Waals surface area contributed by atoms with Gasteiger partial charge >= 0.3 is 5.97 Å². The Morgan fingerprint density at radius 2 is 0.876 bits per heavy atom. The fourth-order valence-corrected chi connectivity index (χ4v) is 11.1. The van der Waals surface area contributed by atoms with Crippen molar-refractivity contribution in [2.75, 3.05) is 56.4 Å². The zero-order valence-corrected chi connectivity index (χ0v) is 58.3. The molecule has 1 aliphatic rings. The molecule has 25 heteroatoms. The molecule has 25 nitrogen and oxygen atoms in total. The maximum absolute atomic E-state index is 15.2. The Bertz CT molecular complexity index is 2490. The van der Waals surface area contributed by atoms with Crippen molar-refractivity contribution in [3.8, 4) is 0 Å². The van der Waals surface area contributed by atoms with Crippen LogP contribution in [0.1, 0.15) is 156 Å². The third kappa shape index (κ3) is 21.8. The van der Waals surface area contributed by atoms with Gasteiger partial charge in [0.25, 0.3) is 5.91 Å². The molecule has 0 aromatic heterocycles. The molecule has 1 rings (SSSR count). The Kier molecular flexibility index (Phi) is 32.7. The van der Waals surface area contributed by atoms with Crippen LogP contribution in [0.25, 0.3) is 0 Å². The predicted molar refractivity (Wildman–Crippen MR) is 339 cm³/mol. The van der Waals surface area contributed by atoms with Gasteiger partial charge < -0.3 is 65.4 Å². The minimum absolute atomic E-state index is 0.00276. The largest absolute Gasteiger partial charge is 0.467 e. The van der Waals surface area contributed by atoms with Gasteiger partial charge in [-0.15, -0.1) is 0 Å². The number of hydrogen-bond donors (Lipinski definition) is 5. The molecule has 1 saturated heterocycles. The molecule has 11 amide bonds.